The number of halogens is 2. The largest absolute Gasteiger partial charge is 0.494 e. The van der Waals surface area contributed by atoms with E-state index in [1.54, 1.807) is 42.5 Å². The highest BCUT2D eigenvalue weighted by molar-refractivity contribution is 8.13. The van der Waals surface area contributed by atoms with Gasteiger partial charge in [0.1, 0.15) is 16.4 Å². The maximum absolute atomic E-state index is 12.9. The summed E-state index contributed by atoms with van der Waals surface area (Å²) in [5.74, 6) is 0.587. The van der Waals surface area contributed by atoms with Crippen LogP contribution in [-0.4, -0.2) is 25.9 Å². The third-order valence-electron chi connectivity index (χ3n) is 4.61. The molecule has 168 valence electrons. The third-order valence-corrected chi connectivity index (χ3v) is 6.22. The maximum atomic E-state index is 12.9. The van der Waals surface area contributed by atoms with Crippen molar-refractivity contribution in [3.8, 4) is 11.6 Å². The van der Waals surface area contributed by atoms with Crippen LogP contribution in [0.4, 0.5) is 5.69 Å². The number of aromatic nitrogens is 2. The first-order chi connectivity index (χ1) is 15.2. The van der Waals surface area contributed by atoms with E-state index in [4.69, 9.17) is 27.9 Å². The fraction of sp³-hybridized carbons (Fsp3) is 0.227. The maximum Gasteiger partial charge on any atom is 0.333 e. The molecule has 1 heterocycles. The van der Waals surface area contributed by atoms with Crippen molar-refractivity contribution >= 4 is 45.7 Å². The molecule has 0 aliphatic rings. The van der Waals surface area contributed by atoms with Crippen molar-refractivity contribution in [2.24, 2.45) is 19.1 Å². The van der Waals surface area contributed by atoms with Gasteiger partial charge in [-0.05, 0) is 48.9 Å². The van der Waals surface area contributed by atoms with E-state index < -0.39 is 17.1 Å². The number of hydrogen-bond acceptors (Lipinski definition) is 6. The Labute approximate surface area is 198 Å². The number of rotatable bonds is 6. The molecule has 0 saturated heterocycles. The monoisotopic (exact) mass is 493 g/mol. The van der Waals surface area contributed by atoms with Crippen molar-refractivity contribution in [1.82, 2.24) is 9.13 Å². The van der Waals surface area contributed by atoms with Crippen LogP contribution in [0.25, 0.3) is 0 Å². The second-order valence-electron chi connectivity index (χ2n) is 6.77. The van der Waals surface area contributed by atoms with Gasteiger partial charge in [0.2, 0.25) is 5.88 Å². The zero-order valence-corrected chi connectivity index (χ0v) is 20.0. The van der Waals surface area contributed by atoms with Crippen LogP contribution in [-0.2, 0) is 19.8 Å². The van der Waals surface area contributed by atoms with E-state index in [0.717, 1.165) is 14.7 Å². The lowest BCUT2D eigenvalue weighted by molar-refractivity contribution is 0.340. The van der Waals surface area contributed by atoms with Crippen LogP contribution >= 0.6 is 35.0 Å². The van der Waals surface area contributed by atoms with Gasteiger partial charge in [-0.2, -0.15) is 0 Å². The molecule has 0 spiro atoms. The highest BCUT2D eigenvalue weighted by Crippen LogP contribution is 2.29. The Kier molecular flexibility index (Phi) is 7.71. The first-order valence-corrected chi connectivity index (χ1v) is 11.3. The summed E-state index contributed by atoms with van der Waals surface area (Å²) in [5, 5.41) is 11.9. The summed E-state index contributed by atoms with van der Waals surface area (Å²) in [4.78, 5) is 29.7. The minimum atomic E-state index is -0.648. The lowest BCUT2D eigenvalue weighted by Crippen LogP contribution is -2.39. The first-order valence-electron chi connectivity index (χ1n) is 9.60. The molecule has 10 heteroatoms. The molecule has 0 saturated carbocycles. The van der Waals surface area contributed by atoms with Crippen LogP contribution in [0.3, 0.4) is 0 Å². The van der Waals surface area contributed by atoms with Crippen molar-refractivity contribution in [3.63, 3.8) is 0 Å². The van der Waals surface area contributed by atoms with Crippen LogP contribution in [0, 0.1) is 0 Å². The predicted octanol–water partition coefficient (Wildman–Crippen LogP) is 4.51. The summed E-state index contributed by atoms with van der Waals surface area (Å²) in [6, 6.07) is 12.1. The molecular weight excluding hydrogens is 473 g/mol. The molecule has 0 aliphatic heterocycles. The fourth-order valence-electron chi connectivity index (χ4n) is 2.87. The van der Waals surface area contributed by atoms with Crippen LogP contribution in [0.2, 0.25) is 10.0 Å². The summed E-state index contributed by atoms with van der Waals surface area (Å²) in [5.41, 5.74) is -0.0268. The van der Waals surface area contributed by atoms with Gasteiger partial charge in [-0.1, -0.05) is 29.3 Å². The summed E-state index contributed by atoms with van der Waals surface area (Å²) < 4.78 is 7.38. The number of thioether (sulfide) groups is 1. The van der Waals surface area contributed by atoms with Gasteiger partial charge in [-0.3, -0.25) is 13.9 Å². The van der Waals surface area contributed by atoms with Gasteiger partial charge < -0.3 is 9.84 Å². The SMILES string of the molecule is CCOc1ccc(N=C(SCc2ccc(Cl)cc2Cl)c2c(O)n(C)c(=O)n(C)c2=O)cc1. The quantitative estimate of drug-likeness (QED) is 0.403. The topological polar surface area (TPSA) is 85.8 Å². The van der Waals surface area contributed by atoms with E-state index >= 15 is 0 Å². The van der Waals surface area contributed by atoms with Gasteiger partial charge in [-0.15, -0.1) is 11.8 Å². The molecule has 0 aliphatic carbocycles. The van der Waals surface area contributed by atoms with Gasteiger partial charge in [0, 0.05) is 29.9 Å². The van der Waals surface area contributed by atoms with Crippen molar-refractivity contribution in [2.45, 2.75) is 12.7 Å². The number of hydrogen-bond donors (Lipinski definition) is 1. The minimum absolute atomic E-state index is 0.0708. The molecule has 7 nitrogen and oxygen atoms in total. The Morgan fingerprint density at radius 3 is 2.41 bits per heavy atom. The molecule has 1 aromatic heterocycles. The number of benzene rings is 2. The zero-order chi connectivity index (χ0) is 23.4. The van der Waals surface area contributed by atoms with Crippen LogP contribution < -0.4 is 16.0 Å². The highest BCUT2D eigenvalue weighted by atomic mass is 35.5. The summed E-state index contributed by atoms with van der Waals surface area (Å²) in [7, 11) is 2.73. The Hall–Kier alpha value is -2.68. The summed E-state index contributed by atoms with van der Waals surface area (Å²) in [6.45, 7) is 2.43. The average Bonchev–Trinajstić information content (AvgIpc) is 2.77. The highest BCUT2D eigenvalue weighted by Gasteiger charge is 2.21. The zero-order valence-electron chi connectivity index (χ0n) is 17.6. The van der Waals surface area contributed by atoms with E-state index in [9.17, 15) is 14.7 Å². The number of nitrogens with zero attached hydrogens (tertiary/aromatic N) is 3. The third kappa shape index (κ3) is 5.20. The average molecular weight is 494 g/mol. The molecule has 0 amide bonds. The van der Waals surface area contributed by atoms with E-state index in [0.29, 0.717) is 33.8 Å². The van der Waals surface area contributed by atoms with Crippen molar-refractivity contribution in [3.05, 3.63) is 84.5 Å². The lowest BCUT2D eigenvalue weighted by atomic mass is 10.2. The predicted molar refractivity (Wildman–Crippen MR) is 130 cm³/mol. The summed E-state index contributed by atoms with van der Waals surface area (Å²) in [6.07, 6.45) is 0. The van der Waals surface area contributed by atoms with Gasteiger partial charge >= 0.3 is 5.69 Å². The number of ether oxygens (including phenoxy) is 1. The van der Waals surface area contributed by atoms with Gasteiger partial charge in [-0.25, -0.2) is 9.79 Å². The number of aromatic hydroxyl groups is 1. The molecule has 0 bridgehead atoms. The molecule has 32 heavy (non-hydrogen) atoms. The Morgan fingerprint density at radius 1 is 1.09 bits per heavy atom. The second-order valence-corrected chi connectivity index (χ2v) is 8.58. The minimum Gasteiger partial charge on any atom is -0.494 e. The normalized spacial score (nSPS) is 11.6. The van der Waals surface area contributed by atoms with Crippen molar-refractivity contribution in [1.29, 1.82) is 0 Å². The Balaban J connectivity index is 2.09. The molecular formula is C22H21Cl2N3O4S. The summed E-state index contributed by atoms with van der Waals surface area (Å²) >= 11 is 13.5. The molecule has 1 N–H and O–H groups in total. The molecule has 0 atom stereocenters. The molecule has 0 unspecified atom stereocenters. The molecule has 0 radical (unpaired) electrons. The smallest absolute Gasteiger partial charge is 0.333 e. The van der Waals surface area contributed by atoms with Crippen molar-refractivity contribution in [2.75, 3.05) is 6.61 Å². The van der Waals surface area contributed by atoms with Gasteiger partial charge in [0.15, 0.2) is 0 Å². The standard InChI is InChI=1S/C22H21Cl2N3O4S/c1-4-31-16-9-7-15(8-10-16)25-19(32-12-13-5-6-14(23)11-17(13)24)18-20(28)26(2)22(30)27(3)21(18)29/h5-11,28H,4,12H2,1-3H3. The molecule has 2 aromatic carbocycles. The molecule has 3 aromatic rings. The van der Waals surface area contributed by atoms with Gasteiger partial charge in [0.25, 0.3) is 5.56 Å². The number of aliphatic imine (C=N–C) groups is 1. The lowest BCUT2D eigenvalue weighted by Gasteiger charge is -2.13. The molecule has 3 rings (SSSR count). The molecule has 0 fully saturated rings. The second kappa shape index (κ2) is 10.3. The van der Waals surface area contributed by atoms with E-state index in [-0.39, 0.29) is 10.6 Å². The Morgan fingerprint density at radius 2 is 1.78 bits per heavy atom. The fourth-order valence-corrected chi connectivity index (χ4v) is 4.46. The van der Waals surface area contributed by atoms with E-state index in [1.165, 1.54) is 25.9 Å². The van der Waals surface area contributed by atoms with Crippen LogP contribution in [0.1, 0.15) is 18.1 Å². The Bertz CT molecular complexity index is 1280. The van der Waals surface area contributed by atoms with Crippen LogP contribution in [0.5, 0.6) is 11.6 Å². The van der Waals surface area contributed by atoms with Crippen molar-refractivity contribution < 1.29 is 9.84 Å². The van der Waals surface area contributed by atoms with E-state index in [2.05, 4.69) is 4.99 Å². The van der Waals surface area contributed by atoms with Crippen LogP contribution in [0.15, 0.2) is 57.0 Å². The van der Waals surface area contributed by atoms with Gasteiger partial charge in [0.05, 0.1) is 12.3 Å². The van der Waals surface area contributed by atoms with E-state index in [1.807, 2.05) is 6.92 Å². The first kappa shape index (κ1) is 24.0.